The Kier molecular flexibility index (Phi) is 7.74. The molecular weight excluding hydrogens is 502 g/mol. The summed E-state index contributed by atoms with van der Waals surface area (Å²) in [4.78, 5) is 35.7. The first-order valence-corrected chi connectivity index (χ1v) is 12.8. The van der Waals surface area contributed by atoms with Crippen LogP contribution in [0, 0.1) is 11.6 Å². The Morgan fingerprint density at radius 2 is 1.69 bits per heavy atom. The normalized spacial score (nSPS) is 14.3. The molecule has 4 N–H and O–H groups in total. The van der Waals surface area contributed by atoms with Gasteiger partial charge in [0.1, 0.15) is 29.3 Å². The van der Waals surface area contributed by atoms with E-state index in [4.69, 9.17) is 5.73 Å². The zero-order valence-electron chi connectivity index (χ0n) is 21.2. The van der Waals surface area contributed by atoms with E-state index in [9.17, 15) is 18.4 Å². The van der Waals surface area contributed by atoms with Gasteiger partial charge < -0.3 is 21.3 Å². The number of nitrogens with one attached hydrogen (secondary N) is 2. The van der Waals surface area contributed by atoms with E-state index < -0.39 is 29.0 Å². The predicted octanol–water partition coefficient (Wildman–Crippen LogP) is 4.90. The van der Waals surface area contributed by atoms with Gasteiger partial charge in [0.15, 0.2) is 0 Å². The lowest BCUT2D eigenvalue weighted by Crippen LogP contribution is -2.24. The van der Waals surface area contributed by atoms with Crippen LogP contribution in [-0.4, -0.2) is 46.3 Å². The number of hydrogen-bond donors (Lipinski definition) is 3. The van der Waals surface area contributed by atoms with Crippen LogP contribution in [0.3, 0.4) is 0 Å². The highest BCUT2D eigenvalue weighted by molar-refractivity contribution is 6.07. The average Bonchev–Trinajstić information content (AvgIpc) is 3.44. The fraction of sp³-hybridized carbons (Fsp3) is 0.241. The second-order valence-electron chi connectivity index (χ2n) is 9.50. The summed E-state index contributed by atoms with van der Waals surface area (Å²) in [5, 5.41) is 6.76. The lowest BCUT2D eigenvalue weighted by molar-refractivity contribution is 0.0997. The quantitative estimate of drug-likeness (QED) is 0.284. The molecule has 2 amide bonds. The predicted molar refractivity (Wildman–Crippen MR) is 145 cm³/mol. The van der Waals surface area contributed by atoms with Crippen molar-refractivity contribution in [1.82, 2.24) is 14.9 Å². The Hall–Kier alpha value is -4.44. The third-order valence-corrected chi connectivity index (χ3v) is 6.91. The van der Waals surface area contributed by atoms with E-state index in [1.807, 2.05) is 12.1 Å². The monoisotopic (exact) mass is 530 g/mol. The number of amides is 2. The second-order valence-corrected chi connectivity index (χ2v) is 9.50. The molecule has 39 heavy (non-hydrogen) atoms. The van der Waals surface area contributed by atoms with Gasteiger partial charge in [0, 0.05) is 17.6 Å². The SMILES string of the molecule is NC(=O)c1cccc2c(NC(CCN3CCCC3)c3cccc(NC(=O)c4c(F)cccc4F)c3)ncnc12. The fourth-order valence-electron chi connectivity index (χ4n) is 4.95. The molecule has 1 saturated heterocycles. The van der Waals surface area contributed by atoms with Crippen LogP contribution < -0.4 is 16.4 Å². The number of aromatic nitrogens is 2. The van der Waals surface area contributed by atoms with Gasteiger partial charge >= 0.3 is 0 Å². The van der Waals surface area contributed by atoms with Crippen molar-refractivity contribution in [1.29, 1.82) is 0 Å². The van der Waals surface area contributed by atoms with Gasteiger partial charge in [-0.25, -0.2) is 18.7 Å². The topological polar surface area (TPSA) is 113 Å². The summed E-state index contributed by atoms with van der Waals surface area (Å²) in [6.45, 7) is 2.91. The number of likely N-dealkylation sites (tertiary alicyclic amines) is 1. The van der Waals surface area contributed by atoms with Gasteiger partial charge in [0.2, 0.25) is 0 Å². The minimum absolute atomic E-state index is 0.233. The van der Waals surface area contributed by atoms with Gasteiger partial charge in [-0.1, -0.05) is 24.3 Å². The lowest BCUT2D eigenvalue weighted by Gasteiger charge is -2.24. The lowest BCUT2D eigenvalue weighted by atomic mass is 10.0. The van der Waals surface area contributed by atoms with Crippen molar-refractivity contribution in [3.8, 4) is 0 Å². The summed E-state index contributed by atoms with van der Waals surface area (Å²) in [7, 11) is 0. The molecule has 0 spiro atoms. The Morgan fingerprint density at radius 3 is 2.44 bits per heavy atom. The Bertz CT molecular complexity index is 1500. The van der Waals surface area contributed by atoms with E-state index in [0.29, 0.717) is 28.0 Å². The smallest absolute Gasteiger partial charge is 0.261 e. The maximum atomic E-state index is 14.2. The number of carbonyl (C=O) groups excluding carboxylic acids is 2. The fourth-order valence-corrected chi connectivity index (χ4v) is 4.95. The first-order chi connectivity index (χ1) is 18.9. The van der Waals surface area contributed by atoms with Crippen LogP contribution in [0.5, 0.6) is 0 Å². The number of benzene rings is 3. The van der Waals surface area contributed by atoms with Crippen molar-refractivity contribution in [3.63, 3.8) is 0 Å². The largest absolute Gasteiger partial charge is 0.366 e. The Morgan fingerprint density at radius 1 is 0.974 bits per heavy atom. The molecule has 10 heteroatoms. The minimum Gasteiger partial charge on any atom is -0.366 e. The molecule has 5 rings (SSSR count). The third-order valence-electron chi connectivity index (χ3n) is 6.91. The molecule has 1 unspecified atom stereocenters. The molecule has 0 radical (unpaired) electrons. The molecule has 3 aromatic carbocycles. The van der Waals surface area contributed by atoms with E-state index in [1.165, 1.54) is 25.2 Å². The molecule has 0 aliphatic carbocycles. The van der Waals surface area contributed by atoms with Crippen LogP contribution in [0.2, 0.25) is 0 Å². The molecule has 200 valence electrons. The molecule has 1 aliphatic rings. The standard InChI is InChI=1S/C29H28F2N6O2/c30-22-10-5-11-23(31)25(22)29(39)35-19-7-3-6-18(16-19)24(12-15-37-13-1-2-14-37)36-28-21-9-4-8-20(27(32)38)26(21)33-17-34-28/h3-11,16-17,24H,1-2,12-15H2,(H2,32,38)(H,35,39)(H,33,34,36). The summed E-state index contributed by atoms with van der Waals surface area (Å²) < 4.78 is 28.3. The molecule has 1 aliphatic heterocycles. The molecule has 8 nitrogen and oxygen atoms in total. The molecule has 0 saturated carbocycles. The highest BCUT2D eigenvalue weighted by Gasteiger charge is 2.21. The number of nitrogens with two attached hydrogens (primary N) is 1. The van der Waals surface area contributed by atoms with Crippen LogP contribution in [0.1, 0.15) is 51.6 Å². The Labute approximate surface area is 224 Å². The van der Waals surface area contributed by atoms with Gasteiger partial charge in [0.25, 0.3) is 11.8 Å². The zero-order valence-corrected chi connectivity index (χ0v) is 21.2. The van der Waals surface area contributed by atoms with E-state index in [0.717, 1.165) is 43.8 Å². The minimum atomic E-state index is -0.931. The first-order valence-electron chi connectivity index (χ1n) is 12.8. The van der Waals surface area contributed by atoms with Gasteiger partial charge in [0.05, 0.1) is 17.1 Å². The molecule has 1 fully saturated rings. The molecule has 1 atom stereocenters. The van der Waals surface area contributed by atoms with Crippen LogP contribution in [0.25, 0.3) is 10.9 Å². The summed E-state index contributed by atoms with van der Waals surface area (Å²) >= 11 is 0. The van der Waals surface area contributed by atoms with Crippen molar-refractivity contribution in [3.05, 3.63) is 95.3 Å². The summed E-state index contributed by atoms with van der Waals surface area (Å²) in [5.41, 5.74) is 6.92. The Balaban J connectivity index is 1.45. The van der Waals surface area contributed by atoms with E-state index >= 15 is 0 Å². The van der Waals surface area contributed by atoms with Crippen molar-refractivity contribution in [2.45, 2.75) is 25.3 Å². The number of primary amides is 1. The number of fused-ring (bicyclic) bond motifs is 1. The molecule has 4 aromatic rings. The maximum Gasteiger partial charge on any atom is 0.261 e. The van der Waals surface area contributed by atoms with Gasteiger partial charge in [-0.05, 0) is 74.3 Å². The summed E-state index contributed by atoms with van der Waals surface area (Å²) in [6, 6.07) is 15.4. The van der Waals surface area contributed by atoms with E-state index in [2.05, 4.69) is 25.5 Å². The van der Waals surface area contributed by atoms with Crippen molar-refractivity contribution < 1.29 is 18.4 Å². The number of nitrogens with zero attached hydrogens (tertiary/aromatic N) is 3. The van der Waals surface area contributed by atoms with Crippen LogP contribution in [0.4, 0.5) is 20.3 Å². The zero-order chi connectivity index (χ0) is 27.4. The van der Waals surface area contributed by atoms with Gasteiger partial charge in [-0.2, -0.15) is 0 Å². The van der Waals surface area contributed by atoms with E-state index in [-0.39, 0.29) is 6.04 Å². The first kappa shape index (κ1) is 26.2. The average molecular weight is 531 g/mol. The number of anilines is 2. The van der Waals surface area contributed by atoms with E-state index in [1.54, 1.807) is 30.3 Å². The number of para-hydroxylation sites is 1. The van der Waals surface area contributed by atoms with Crippen molar-refractivity contribution in [2.75, 3.05) is 30.3 Å². The van der Waals surface area contributed by atoms with Crippen LogP contribution in [0.15, 0.2) is 67.0 Å². The highest BCUT2D eigenvalue weighted by atomic mass is 19.1. The van der Waals surface area contributed by atoms with Crippen LogP contribution in [-0.2, 0) is 0 Å². The number of carbonyl (C=O) groups is 2. The molecule has 1 aromatic heterocycles. The number of halogens is 2. The highest BCUT2D eigenvalue weighted by Crippen LogP contribution is 2.29. The van der Waals surface area contributed by atoms with Crippen molar-refractivity contribution >= 4 is 34.2 Å². The molecule has 2 heterocycles. The number of rotatable bonds is 9. The van der Waals surface area contributed by atoms with Gasteiger partial charge in [-0.3, -0.25) is 9.59 Å². The summed E-state index contributed by atoms with van der Waals surface area (Å²) in [6.07, 6.45) is 4.44. The van der Waals surface area contributed by atoms with Crippen LogP contribution >= 0.6 is 0 Å². The maximum absolute atomic E-state index is 14.2. The second kappa shape index (κ2) is 11.5. The molecular formula is C29H28F2N6O2. The molecule has 0 bridgehead atoms. The third kappa shape index (κ3) is 5.85. The van der Waals surface area contributed by atoms with Gasteiger partial charge in [-0.15, -0.1) is 0 Å². The van der Waals surface area contributed by atoms with Crippen molar-refractivity contribution in [2.24, 2.45) is 5.73 Å². The number of hydrogen-bond acceptors (Lipinski definition) is 6. The summed E-state index contributed by atoms with van der Waals surface area (Å²) in [5.74, 6) is -2.77.